The standard InChI is InChI=1S/C15H21ClN2O/c1-11(2)15(12-6-8-13(16)9-7-12)17-18-10-4-3-5-14(18)19/h6-9,11,15,17H,3-5,10H2,1-2H3/t15-/m1/s1. The van der Waals surface area contributed by atoms with E-state index in [4.69, 9.17) is 11.6 Å². The van der Waals surface area contributed by atoms with Crippen molar-refractivity contribution >= 4 is 17.5 Å². The van der Waals surface area contributed by atoms with E-state index in [-0.39, 0.29) is 11.9 Å². The number of benzene rings is 1. The van der Waals surface area contributed by atoms with E-state index in [1.807, 2.05) is 24.3 Å². The largest absolute Gasteiger partial charge is 0.277 e. The summed E-state index contributed by atoms with van der Waals surface area (Å²) in [5.41, 5.74) is 4.55. The van der Waals surface area contributed by atoms with E-state index in [1.54, 1.807) is 5.01 Å². The first-order valence-electron chi connectivity index (χ1n) is 6.90. The molecule has 0 spiro atoms. The Kier molecular flexibility index (Phi) is 4.83. The maximum absolute atomic E-state index is 11.9. The Balaban J connectivity index is 2.11. The molecule has 1 amide bonds. The van der Waals surface area contributed by atoms with Gasteiger partial charge in [-0.3, -0.25) is 9.80 Å². The number of carbonyl (C=O) groups is 1. The molecule has 1 fully saturated rings. The van der Waals surface area contributed by atoms with Crippen LogP contribution in [0, 0.1) is 5.92 Å². The van der Waals surface area contributed by atoms with Crippen molar-refractivity contribution in [1.82, 2.24) is 10.4 Å². The summed E-state index contributed by atoms with van der Waals surface area (Å²) in [6, 6.07) is 7.97. The highest BCUT2D eigenvalue weighted by molar-refractivity contribution is 6.30. The normalized spacial score (nSPS) is 17.9. The number of rotatable bonds is 4. The molecule has 1 saturated heterocycles. The van der Waals surface area contributed by atoms with Crippen molar-refractivity contribution < 1.29 is 4.79 Å². The zero-order valence-electron chi connectivity index (χ0n) is 11.5. The molecule has 1 aliphatic rings. The minimum absolute atomic E-state index is 0.138. The first-order chi connectivity index (χ1) is 9.08. The van der Waals surface area contributed by atoms with Gasteiger partial charge in [0.1, 0.15) is 0 Å². The number of nitrogens with zero attached hydrogens (tertiary/aromatic N) is 1. The van der Waals surface area contributed by atoms with Crippen molar-refractivity contribution in [2.75, 3.05) is 6.54 Å². The number of carbonyl (C=O) groups excluding carboxylic acids is 1. The molecule has 2 rings (SSSR count). The summed E-state index contributed by atoms with van der Waals surface area (Å²) in [6.07, 6.45) is 2.73. The molecular formula is C15H21ClN2O. The van der Waals surface area contributed by atoms with E-state index in [9.17, 15) is 4.79 Å². The van der Waals surface area contributed by atoms with Crippen molar-refractivity contribution in [3.8, 4) is 0 Å². The third kappa shape index (κ3) is 3.71. The lowest BCUT2D eigenvalue weighted by molar-refractivity contribution is -0.138. The van der Waals surface area contributed by atoms with Gasteiger partial charge in [0.25, 0.3) is 0 Å². The topological polar surface area (TPSA) is 32.3 Å². The lowest BCUT2D eigenvalue weighted by atomic mass is 9.96. The van der Waals surface area contributed by atoms with E-state index >= 15 is 0 Å². The van der Waals surface area contributed by atoms with Crippen LogP contribution in [0.4, 0.5) is 0 Å². The number of hydrazine groups is 1. The van der Waals surface area contributed by atoms with Gasteiger partial charge in [-0.2, -0.15) is 0 Å². The van der Waals surface area contributed by atoms with E-state index in [2.05, 4.69) is 19.3 Å². The summed E-state index contributed by atoms with van der Waals surface area (Å²) < 4.78 is 0. The Hall–Kier alpha value is -1.06. The number of hydrogen-bond donors (Lipinski definition) is 1. The zero-order chi connectivity index (χ0) is 13.8. The average Bonchev–Trinajstić information content (AvgIpc) is 2.39. The second-order valence-electron chi connectivity index (χ2n) is 5.40. The van der Waals surface area contributed by atoms with Crippen molar-refractivity contribution in [3.63, 3.8) is 0 Å². The van der Waals surface area contributed by atoms with E-state index in [0.29, 0.717) is 12.3 Å². The van der Waals surface area contributed by atoms with Gasteiger partial charge in [0.15, 0.2) is 0 Å². The van der Waals surface area contributed by atoms with Crippen molar-refractivity contribution in [2.24, 2.45) is 5.92 Å². The van der Waals surface area contributed by atoms with Gasteiger partial charge in [-0.15, -0.1) is 0 Å². The van der Waals surface area contributed by atoms with Crippen molar-refractivity contribution in [1.29, 1.82) is 0 Å². The molecule has 0 saturated carbocycles. The Morgan fingerprint density at radius 2 is 1.89 bits per heavy atom. The summed E-state index contributed by atoms with van der Waals surface area (Å²) in [5, 5.41) is 2.52. The van der Waals surface area contributed by atoms with Gasteiger partial charge in [0.2, 0.25) is 5.91 Å². The Morgan fingerprint density at radius 1 is 1.21 bits per heavy atom. The first-order valence-corrected chi connectivity index (χ1v) is 7.27. The molecule has 0 bridgehead atoms. The predicted molar refractivity (Wildman–Crippen MR) is 77.7 cm³/mol. The number of halogens is 1. The fraction of sp³-hybridized carbons (Fsp3) is 0.533. The number of hydrogen-bond acceptors (Lipinski definition) is 2. The second-order valence-corrected chi connectivity index (χ2v) is 5.84. The molecule has 0 aliphatic carbocycles. The van der Waals surface area contributed by atoms with E-state index < -0.39 is 0 Å². The molecule has 4 heteroatoms. The molecule has 1 aromatic rings. The third-order valence-corrected chi connectivity index (χ3v) is 3.77. The van der Waals surface area contributed by atoms with Gasteiger partial charge in [0, 0.05) is 18.0 Å². The van der Waals surface area contributed by atoms with Crippen LogP contribution in [-0.2, 0) is 4.79 Å². The van der Waals surface area contributed by atoms with Gasteiger partial charge in [-0.1, -0.05) is 37.6 Å². The van der Waals surface area contributed by atoms with Crippen LogP contribution in [0.3, 0.4) is 0 Å². The lowest BCUT2D eigenvalue weighted by Crippen LogP contribution is -2.48. The van der Waals surface area contributed by atoms with Crippen LogP contribution in [-0.4, -0.2) is 17.5 Å². The lowest BCUT2D eigenvalue weighted by Gasteiger charge is -2.33. The highest BCUT2D eigenvalue weighted by Gasteiger charge is 2.23. The molecule has 104 valence electrons. The van der Waals surface area contributed by atoms with Gasteiger partial charge in [-0.25, -0.2) is 5.43 Å². The van der Waals surface area contributed by atoms with Crippen LogP contribution >= 0.6 is 11.6 Å². The zero-order valence-corrected chi connectivity index (χ0v) is 12.3. The summed E-state index contributed by atoms with van der Waals surface area (Å²) in [5.74, 6) is 0.599. The minimum atomic E-state index is 0.138. The number of piperidine rings is 1. The van der Waals surface area contributed by atoms with E-state index in [0.717, 1.165) is 30.0 Å². The fourth-order valence-corrected chi connectivity index (χ4v) is 2.51. The van der Waals surface area contributed by atoms with Gasteiger partial charge in [0.05, 0.1) is 6.04 Å². The molecule has 1 aliphatic heterocycles. The minimum Gasteiger partial charge on any atom is -0.277 e. The van der Waals surface area contributed by atoms with Crippen molar-refractivity contribution in [3.05, 3.63) is 34.9 Å². The molecule has 0 unspecified atom stereocenters. The summed E-state index contributed by atoms with van der Waals surface area (Å²) in [4.78, 5) is 11.9. The van der Waals surface area contributed by atoms with E-state index in [1.165, 1.54) is 0 Å². The van der Waals surface area contributed by atoms with Crippen LogP contribution in [0.5, 0.6) is 0 Å². The third-order valence-electron chi connectivity index (χ3n) is 3.51. The summed E-state index contributed by atoms with van der Waals surface area (Å²) in [6.45, 7) is 5.11. The molecule has 1 aromatic carbocycles. The summed E-state index contributed by atoms with van der Waals surface area (Å²) >= 11 is 5.93. The highest BCUT2D eigenvalue weighted by atomic mass is 35.5. The highest BCUT2D eigenvalue weighted by Crippen LogP contribution is 2.24. The van der Waals surface area contributed by atoms with Gasteiger partial charge in [-0.05, 0) is 36.5 Å². The van der Waals surface area contributed by atoms with Crippen LogP contribution in [0.1, 0.15) is 44.7 Å². The molecular weight excluding hydrogens is 260 g/mol. The SMILES string of the molecule is CC(C)[C@@H](NN1CCCCC1=O)c1ccc(Cl)cc1. The Labute approximate surface area is 119 Å². The van der Waals surface area contributed by atoms with Crippen LogP contribution in [0.15, 0.2) is 24.3 Å². The molecule has 1 atom stereocenters. The predicted octanol–water partition coefficient (Wildman–Crippen LogP) is 3.55. The molecule has 1 heterocycles. The van der Waals surface area contributed by atoms with Crippen LogP contribution in [0.2, 0.25) is 5.02 Å². The monoisotopic (exact) mass is 280 g/mol. The Bertz CT molecular complexity index is 430. The maximum atomic E-state index is 11.9. The van der Waals surface area contributed by atoms with Crippen LogP contribution < -0.4 is 5.43 Å². The maximum Gasteiger partial charge on any atom is 0.236 e. The molecule has 1 N–H and O–H groups in total. The molecule has 3 nitrogen and oxygen atoms in total. The van der Waals surface area contributed by atoms with Gasteiger partial charge < -0.3 is 0 Å². The van der Waals surface area contributed by atoms with Gasteiger partial charge >= 0.3 is 0 Å². The van der Waals surface area contributed by atoms with Crippen molar-refractivity contribution in [2.45, 2.75) is 39.2 Å². The van der Waals surface area contributed by atoms with Crippen LogP contribution in [0.25, 0.3) is 0 Å². The number of amides is 1. The Morgan fingerprint density at radius 3 is 2.47 bits per heavy atom. The quantitative estimate of drug-likeness (QED) is 0.915. The smallest absolute Gasteiger partial charge is 0.236 e. The average molecular weight is 281 g/mol. The second kappa shape index (κ2) is 6.40. The number of nitrogens with one attached hydrogen (secondary N) is 1. The molecule has 0 radical (unpaired) electrons. The fourth-order valence-electron chi connectivity index (χ4n) is 2.39. The first kappa shape index (κ1) is 14.4. The summed E-state index contributed by atoms with van der Waals surface area (Å²) in [7, 11) is 0. The molecule has 0 aromatic heterocycles. The molecule has 19 heavy (non-hydrogen) atoms.